The number of methoxy groups -OCH3 is 1. The third-order valence-corrected chi connectivity index (χ3v) is 4.13. The van der Waals surface area contributed by atoms with E-state index in [1.165, 1.54) is 11.8 Å². The lowest BCUT2D eigenvalue weighted by Crippen LogP contribution is -2.27. The normalized spacial score (nSPS) is 11.5. The lowest BCUT2D eigenvalue weighted by Gasteiger charge is -2.18. The number of amides is 1. The highest BCUT2D eigenvalue weighted by atomic mass is 32.2. The van der Waals surface area contributed by atoms with Crippen molar-refractivity contribution < 1.29 is 9.53 Å². The number of nitrogens with two attached hydrogens (primary N) is 1. The zero-order valence-corrected chi connectivity index (χ0v) is 14.2. The predicted molar refractivity (Wildman–Crippen MR) is 91.7 cm³/mol. The summed E-state index contributed by atoms with van der Waals surface area (Å²) in [6, 6.07) is 8.48. The SMILES string of the molecule is CCC(C(=O)Nc1ccc(OC)cc1)n1c(N)nnc1SCC#N. The molecule has 0 radical (unpaired) electrons. The second kappa shape index (κ2) is 8.21. The Morgan fingerprint density at radius 3 is 2.75 bits per heavy atom. The first kappa shape index (κ1) is 17.6. The Morgan fingerprint density at radius 2 is 2.17 bits per heavy atom. The standard InChI is InChI=1S/C15H18N6O2S/c1-3-12(21-14(17)19-20-15(21)24-9-8-16)13(22)18-10-4-6-11(23-2)7-5-10/h4-7,12H,3,9H2,1-2H3,(H2,17,19)(H,18,22). The van der Waals surface area contributed by atoms with Crippen molar-refractivity contribution in [2.75, 3.05) is 23.9 Å². The van der Waals surface area contributed by atoms with Crippen LogP contribution >= 0.6 is 11.8 Å². The fourth-order valence-electron chi connectivity index (χ4n) is 2.16. The molecule has 1 aromatic heterocycles. The molecule has 24 heavy (non-hydrogen) atoms. The smallest absolute Gasteiger partial charge is 0.247 e. The molecule has 0 saturated carbocycles. The third-order valence-electron chi connectivity index (χ3n) is 3.32. The van der Waals surface area contributed by atoms with Crippen LogP contribution in [0.4, 0.5) is 11.6 Å². The summed E-state index contributed by atoms with van der Waals surface area (Å²) in [5.74, 6) is 0.827. The van der Waals surface area contributed by atoms with E-state index in [0.29, 0.717) is 23.0 Å². The molecule has 1 aromatic carbocycles. The van der Waals surface area contributed by atoms with Crippen LogP contribution in [0.25, 0.3) is 0 Å². The van der Waals surface area contributed by atoms with Gasteiger partial charge in [-0.25, -0.2) is 0 Å². The summed E-state index contributed by atoms with van der Waals surface area (Å²) in [6.07, 6.45) is 0.504. The van der Waals surface area contributed by atoms with Gasteiger partial charge in [0.15, 0.2) is 5.16 Å². The van der Waals surface area contributed by atoms with Crippen LogP contribution in [-0.2, 0) is 4.79 Å². The molecule has 0 aliphatic rings. The Bertz CT molecular complexity index is 737. The quantitative estimate of drug-likeness (QED) is 0.737. The number of nitriles is 1. The van der Waals surface area contributed by atoms with Gasteiger partial charge in [-0.3, -0.25) is 9.36 Å². The first-order valence-corrected chi connectivity index (χ1v) is 8.24. The molecule has 0 aliphatic carbocycles. The van der Waals surface area contributed by atoms with Gasteiger partial charge in [-0.05, 0) is 30.7 Å². The maximum atomic E-state index is 12.6. The average molecular weight is 346 g/mol. The van der Waals surface area contributed by atoms with Crippen LogP contribution in [0.15, 0.2) is 29.4 Å². The van der Waals surface area contributed by atoms with Crippen molar-refractivity contribution in [3.8, 4) is 11.8 Å². The molecule has 2 aromatic rings. The van der Waals surface area contributed by atoms with E-state index in [9.17, 15) is 4.79 Å². The minimum atomic E-state index is -0.566. The van der Waals surface area contributed by atoms with E-state index in [1.807, 2.05) is 13.0 Å². The molecule has 2 rings (SSSR count). The summed E-state index contributed by atoms with van der Waals surface area (Å²) in [6.45, 7) is 1.87. The summed E-state index contributed by atoms with van der Waals surface area (Å²) in [7, 11) is 1.58. The van der Waals surface area contributed by atoms with Crippen LogP contribution in [0.2, 0.25) is 0 Å². The number of anilines is 2. The molecule has 1 heterocycles. The van der Waals surface area contributed by atoms with Crippen LogP contribution in [0.5, 0.6) is 5.75 Å². The van der Waals surface area contributed by atoms with Crippen LogP contribution in [0, 0.1) is 11.3 Å². The molecule has 0 saturated heterocycles. The number of nitrogen functional groups attached to an aromatic ring is 1. The van der Waals surface area contributed by atoms with Gasteiger partial charge in [0, 0.05) is 5.69 Å². The first-order chi connectivity index (χ1) is 11.6. The van der Waals surface area contributed by atoms with Gasteiger partial charge in [-0.15, -0.1) is 10.2 Å². The maximum absolute atomic E-state index is 12.6. The summed E-state index contributed by atoms with van der Waals surface area (Å²) < 4.78 is 6.65. The average Bonchev–Trinajstić information content (AvgIpc) is 2.95. The maximum Gasteiger partial charge on any atom is 0.247 e. The first-order valence-electron chi connectivity index (χ1n) is 7.25. The molecule has 0 fully saturated rings. The molecule has 3 N–H and O–H groups in total. The highest BCUT2D eigenvalue weighted by Crippen LogP contribution is 2.26. The second-order valence-electron chi connectivity index (χ2n) is 4.80. The van der Waals surface area contributed by atoms with Crippen molar-refractivity contribution in [2.24, 2.45) is 0 Å². The van der Waals surface area contributed by atoms with E-state index >= 15 is 0 Å². The Labute approximate surface area is 144 Å². The van der Waals surface area contributed by atoms with Crippen molar-refractivity contribution >= 4 is 29.3 Å². The van der Waals surface area contributed by atoms with Gasteiger partial charge in [-0.2, -0.15) is 5.26 Å². The van der Waals surface area contributed by atoms with E-state index in [2.05, 4.69) is 15.5 Å². The van der Waals surface area contributed by atoms with Gasteiger partial charge in [0.1, 0.15) is 11.8 Å². The molecule has 8 nitrogen and oxygen atoms in total. The van der Waals surface area contributed by atoms with Crippen molar-refractivity contribution in [2.45, 2.75) is 24.5 Å². The number of rotatable bonds is 7. The van der Waals surface area contributed by atoms with E-state index in [1.54, 1.807) is 35.9 Å². The van der Waals surface area contributed by atoms with Gasteiger partial charge in [0.05, 0.1) is 18.9 Å². The number of hydrogen-bond acceptors (Lipinski definition) is 7. The van der Waals surface area contributed by atoms with Gasteiger partial charge < -0.3 is 15.8 Å². The summed E-state index contributed by atoms with van der Waals surface area (Å²) >= 11 is 1.19. The molecular formula is C15H18N6O2S. The molecule has 1 unspecified atom stereocenters. The molecule has 0 aliphatic heterocycles. The van der Waals surface area contributed by atoms with Gasteiger partial charge in [-0.1, -0.05) is 18.7 Å². The predicted octanol–water partition coefficient (Wildman–Crippen LogP) is 2.07. The van der Waals surface area contributed by atoms with E-state index in [4.69, 9.17) is 15.7 Å². The van der Waals surface area contributed by atoms with Crippen LogP contribution in [0.1, 0.15) is 19.4 Å². The number of carbonyl (C=O) groups excluding carboxylic acids is 1. The Balaban J connectivity index is 2.19. The molecule has 1 amide bonds. The lowest BCUT2D eigenvalue weighted by molar-refractivity contribution is -0.119. The number of nitrogens with one attached hydrogen (secondary N) is 1. The topological polar surface area (TPSA) is 119 Å². The van der Waals surface area contributed by atoms with E-state index in [-0.39, 0.29) is 17.6 Å². The zero-order valence-electron chi connectivity index (χ0n) is 13.4. The molecule has 0 spiro atoms. The largest absolute Gasteiger partial charge is 0.497 e. The number of thioether (sulfide) groups is 1. The Kier molecular flexibility index (Phi) is 6.03. The van der Waals surface area contributed by atoms with Crippen molar-refractivity contribution in [1.82, 2.24) is 14.8 Å². The Morgan fingerprint density at radius 1 is 1.46 bits per heavy atom. The minimum Gasteiger partial charge on any atom is -0.497 e. The van der Waals surface area contributed by atoms with Crippen LogP contribution < -0.4 is 15.8 Å². The number of benzene rings is 1. The van der Waals surface area contributed by atoms with Crippen LogP contribution in [-0.4, -0.2) is 33.5 Å². The monoisotopic (exact) mass is 346 g/mol. The van der Waals surface area contributed by atoms with E-state index < -0.39 is 6.04 Å². The summed E-state index contributed by atoms with van der Waals surface area (Å²) in [5.41, 5.74) is 6.51. The lowest BCUT2D eigenvalue weighted by atomic mass is 10.2. The number of hydrogen-bond donors (Lipinski definition) is 2. The second-order valence-corrected chi connectivity index (χ2v) is 5.74. The van der Waals surface area contributed by atoms with Gasteiger partial charge >= 0.3 is 0 Å². The zero-order chi connectivity index (χ0) is 17.5. The molecule has 1 atom stereocenters. The van der Waals surface area contributed by atoms with Gasteiger partial charge in [0.25, 0.3) is 0 Å². The third kappa shape index (κ3) is 3.97. The number of carbonyl (C=O) groups is 1. The minimum absolute atomic E-state index is 0.146. The fraction of sp³-hybridized carbons (Fsp3) is 0.333. The van der Waals surface area contributed by atoms with Crippen molar-refractivity contribution in [3.63, 3.8) is 0 Å². The van der Waals surface area contributed by atoms with Crippen molar-refractivity contribution in [3.05, 3.63) is 24.3 Å². The Hall–Kier alpha value is -2.73. The number of aromatic nitrogens is 3. The molecule has 0 bridgehead atoms. The summed E-state index contributed by atoms with van der Waals surface area (Å²) in [4.78, 5) is 12.6. The van der Waals surface area contributed by atoms with E-state index in [0.717, 1.165) is 0 Å². The van der Waals surface area contributed by atoms with Crippen LogP contribution in [0.3, 0.4) is 0 Å². The molecular weight excluding hydrogens is 328 g/mol. The number of ether oxygens (including phenoxy) is 1. The van der Waals surface area contributed by atoms with Crippen molar-refractivity contribution in [1.29, 1.82) is 5.26 Å². The fourth-order valence-corrected chi connectivity index (χ4v) is 2.81. The summed E-state index contributed by atoms with van der Waals surface area (Å²) in [5, 5.41) is 19.8. The molecule has 9 heteroatoms. The number of nitrogens with zero attached hydrogens (tertiary/aromatic N) is 4. The molecule has 126 valence electrons. The van der Waals surface area contributed by atoms with Gasteiger partial charge in [0.2, 0.25) is 11.9 Å². The highest BCUT2D eigenvalue weighted by molar-refractivity contribution is 7.99. The highest BCUT2D eigenvalue weighted by Gasteiger charge is 2.25.